The van der Waals surface area contributed by atoms with Crippen molar-refractivity contribution in [2.24, 2.45) is 5.92 Å². The maximum atomic E-state index is 11.6. The average Bonchev–Trinajstić information content (AvgIpc) is 3.27. The van der Waals surface area contributed by atoms with Gasteiger partial charge in [-0.15, -0.1) is 0 Å². The quantitative estimate of drug-likeness (QED) is 0.644. The highest BCUT2D eigenvalue weighted by molar-refractivity contribution is 5.94. The number of benzene rings is 1. The third kappa shape index (κ3) is 4.01. The molecule has 0 spiro atoms. The Morgan fingerprint density at radius 3 is 2.67 bits per heavy atom. The fraction of sp³-hybridized carbons (Fsp3) is 0.429. The Kier molecular flexibility index (Phi) is 4.52. The lowest BCUT2D eigenvalue weighted by molar-refractivity contribution is -0.123. The second-order valence-corrected chi connectivity index (χ2v) is 4.93. The molecule has 2 rings (SSSR count). The Hall–Kier alpha value is -2.44. The van der Waals surface area contributed by atoms with Crippen molar-refractivity contribution in [3.63, 3.8) is 0 Å². The summed E-state index contributed by atoms with van der Waals surface area (Å²) in [6.07, 6.45) is 2.30. The first-order valence-electron chi connectivity index (χ1n) is 6.61. The van der Waals surface area contributed by atoms with Crippen molar-refractivity contribution in [2.75, 3.05) is 26.0 Å². The molecule has 0 saturated heterocycles. The molecule has 0 bridgehead atoms. The van der Waals surface area contributed by atoms with Gasteiger partial charge in [-0.05, 0) is 18.8 Å². The lowest BCUT2D eigenvalue weighted by Crippen LogP contribution is -2.30. The summed E-state index contributed by atoms with van der Waals surface area (Å²) >= 11 is 0. The highest BCUT2D eigenvalue weighted by Crippen LogP contribution is 2.32. The Balaban J connectivity index is 2.01. The normalized spacial score (nSPS) is 13.6. The van der Waals surface area contributed by atoms with E-state index in [0.29, 0.717) is 12.5 Å². The minimum atomic E-state index is -1.17. The number of ether oxygens (including phenoxy) is 2. The van der Waals surface area contributed by atoms with Crippen molar-refractivity contribution in [3.8, 4) is 11.5 Å². The molecule has 1 aliphatic carbocycles. The molecular formula is C14H18N2O5. The predicted molar refractivity (Wildman–Crippen MR) is 75.6 cm³/mol. The van der Waals surface area contributed by atoms with Crippen LogP contribution in [0.25, 0.3) is 0 Å². The second kappa shape index (κ2) is 6.34. The van der Waals surface area contributed by atoms with Gasteiger partial charge in [-0.3, -0.25) is 4.79 Å². The molecule has 0 heterocycles. The van der Waals surface area contributed by atoms with Gasteiger partial charge in [-0.1, -0.05) is 0 Å². The number of hydrogen-bond donors (Lipinski definition) is 3. The average molecular weight is 294 g/mol. The van der Waals surface area contributed by atoms with E-state index in [4.69, 9.17) is 20.3 Å². The molecule has 7 heteroatoms. The van der Waals surface area contributed by atoms with E-state index < -0.39 is 5.97 Å². The highest BCUT2D eigenvalue weighted by Gasteiger charge is 2.22. The van der Waals surface area contributed by atoms with Crippen LogP contribution >= 0.6 is 0 Å². The number of hydrogen-bond acceptors (Lipinski definition) is 5. The second-order valence-electron chi connectivity index (χ2n) is 4.93. The number of methoxy groups -OCH3 is 1. The number of amides is 1. The molecule has 7 nitrogen and oxygen atoms in total. The van der Waals surface area contributed by atoms with Gasteiger partial charge in [0.15, 0.2) is 18.1 Å². The molecule has 0 atom stereocenters. The third-order valence-electron chi connectivity index (χ3n) is 3.21. The van der Waals surface area contributed by atoms with Crippen LogP contribution in [0.15, 0.2) is 12.1 Å². The van der Waals surface area contributed by atoms with Crippen molar-refractivity contribution < 1.29 is 24.2 Å². The molecule has 114 valence electrons. The van der Waals surface area contributed by atoms with Crippen molar-refractivity contribution >= 4 is 17.6 Å². The number of nitrogens with one attached hydrogen (secondary N) is 1. The van der Waals surface area contributed by atoms with E-state index in [1.807, 2.05) is 0 Å². The van der Waals surface area contributed by atoms with Crippen LogP contribution in [-0.4, -0.2) is 37.2 Å². The number of aromatic carboxylic acids is 1. The van der Waals surface area contributed by atoms with Crippen molar-refractivity contribution in [1.29, 1.82) is 0 Å². The van der Waals surface area contributed by atoms with Crippen molar-refractivity contribution in [1.82, 2.24) is 5.32 Å². The van der Waals surface area contributed by atoms with Gasteiger partial charge in [0.2, 0.25) is 0 Å². The minimum absolute atomic E-state index is 0.0740. The summed E-state index contributed by atoms with van der Waals surface area (Å²) in [6.45, 7) is 0.452. The summed E-state index contributed by atoms with van der Waals surface area (Å²) < 4.78 is 10.4. The van der Waals surface area contributed by atoms with E-state index in [1.165, 1.54) is 19.2 Å². The van der Waals surface area contributed by atoms with Crippen LogP contribution in [0.3, 0.4) is 0 Å². The summed E-state index contributed by atoms with van der Waals surface area (Å²) in [5.74, 6) is -0.382. The van der Waals surface area contributed by atoms with Crippen molar-refractivity contribution in [3.05, 3.63) is 17.7 Å². The van der Waals surface area contributed by atoms with Gasteiger partial charge >= 0.3 is 5.97 Å². The number of nitrogen functional groups attached to an aromatic ring is 1. The topological polar surface area (TPSA) is 111 Å². The van der Waals surface area contributed by atoms with E-state index in [9.17, 15) is 9.59 Å². The van der Waals surface area contributed by atoms with Crippen LogP contribution in [-0.2, 0) is 4.79 Å². The summed E-state index contributed by atoms with van der Waals surface area (Å²) in [4.78, 5) is 22.7. The lowest BCUT2D eigenvalue weighted by atomic mass is 10.1. The molecule has 0 aliphatic heterocycles. The SMILES string of the molecule is COc1cc(N)c(C(=O)O)cc1OCC(=O)NCC1CC1. The molecule has 1 aromatic carbocycles. The molecule has 1 saturated carbocycles. The van der Waals surface area contributed by atoms with Gasteiger partial charge < -0.3 is 25.6 Å². The van der Waals surface area contributed by atoms with Crippen LogP contribution in [0.2, 0.25) is 0 Å². The zero-order valence-corrected chi connectivity index (χ0v) is 11.7. The molecule has 0 aromatic heterocycles. The first-order chi connectivity index (χ1) is 10.0. The van der Waals surface area contributed by atoms with E-state index in [0.717, 1.165) is 12.8 Å². The fourth-order valence-corrected chi connectivity index (χ4v) is 1.81. The van der Waals surface area contributed by atoms with E-state index in [-0.39, 0.29) is 35.3 Å². The number of carboxylic acids is 1. The molecule has 4 N–H and O–H groups in total. The molecular weight excluding hydrogens is 276 g/mol. The molecule has 0 unspecified atom stereocenters. The Labute approximate surface area is 122 Å². The summed E-state index contributed by atoms with van der Waals surface area (Å²) in [6, 6.07) is 2.62. The van der Waals surface area contributed by atoms with Gasteiger partial charge in [0, 0.05) is 18.7 Å². The fourth-order valence-electron chi connectivity index (χ4n) is 1.81. The first-order valence-corrected chi connectivity index (χ1v) is 6.61. The predicted octanol–water partition coefficient (Wildman–Crippen LogP) is 0.881. The number of carbonyl (C=O) groups excluding carboxylic acids is 1. The minimum Gasteiger partial charge on any atom is -0.493 e. The molecule has 1 amide bonds. The van der Waals surface area contributed by atoms with Crippen molar-refractivity contribution in [2.45, 2.75) is 12.8 Å². The number of carboxylic acid groups (broad SMARTS) is 1. The zero-order chi connectivity index (χ0) is 15.4. The van der Waals surface area contributed by atoms with Crippen LogP contribution in [0.1, 0.15) is 23.2 Å². The smallest absolute Gasteiger partial charge is 0.337 e. The largest absolute Gasteiger partial charge is 0.493 e. The highest BCUT2D eigenvalue weighted by atomic mass is 16.5. The number of carbonyl (C=O) groups is 2. The van der Waals surface area contributed by atoms with Crippen LogP contribution in [0, 0.1) is 5.92 Å². The van der Waals surface area contributed by atoms with E-state index in [2.05, 4.69) is 5.32 Å². The standard InChI is InChI=1S/C14H18N2O5/c1-20-11-5-10(15)9(14(18)19)4-12(11)21-7-13(17)16-6-8-2-3-8/h4-5,8H,2-3,6-7,15H2,1H3,(H,16,17)(H,18,19). The maximum Gasteiger partial charge on any atom is 0.337 e. The van der Waals surface area contributed by atoms with Gasteiger partial charge in [0.05, 0.1) is 18.4 Å². The van der Waals surface area contributed by atoms with Crippen LogP contribution in [0.5, 0.6) is 11.5 Å². The van der Waals surface area contributed by atoms with Gasteiger partial charge in [-0.2, -0.15) is 0 Å². The number of rotatable bonds is 7. The summed E-state index contributed by atoms with van der Waals surface area (Å²) in [5.41, 5.74) is 5.60. The van der Waals surface area contributed by atoms with Crippen LogP contribution < -0.4 is 20.5 Å². The monoisotopic (exact) mass is 294 g/mol. The number of anilines is 1. The van der Waals surface area contributed by atoms with E-state index in [1.54, 1.807) is 0 Å². The number of nitrogens with two attached hydrogens (primary N) is 1. The molecule has 21 heavy (non-hydrogen) atoms. The Morgan fingerprint density at radius 1 is 1.38 bits per heavy atom. The lowest BCUT2D eigenvalue weighted by Gasteiger charge is -2.13. The first kappa shape index (κ1) is 15.0. The molecule has 0 radical (unpaired) electrons. The summed E-state index contributed by atoms with van der Waals surface area (Å²) in [5, 5.41) is 11.8. The zero-order valence-electron chi connectivity index (χ0n) is 11.7. The van der Waals surface area contributed by atoms with Gasteiger partial charge in [-0.25, -0.2) is 4.79 Å². The summed E-state index contributed by atoms with van der Waals surface area (Å²) in [7, 11) is 1.41. The maximum absolute atomic E-state index is 11.6. The molecule has 1 aromatic rings. The van der Waals surface area contributed by atoms with Gasteiger partial charge in [0.25, 0.3) is 5.91 Å². The third-order valence-corrected chi connectivity index (χ3v) is 3.21. The molecule has 1 fully saturated rings. The molecule has 1 aliphatic rings. The van der Waals surface area contributed by atoms with Crippen LogP contribution in [0.4, 0.5) is 5.69 Å². The Bertz CT molecular complexity index is 555. The van der Waals surface area contributed by atoms with E-state index >= 15 is 0 Å². The Morgan fingerprint density at radius 2 is 2.10 bits per heavy atom. The van der Waals surface area contributed by atoms with Gasteiger partial charge in [0.1, 0.15) is 0 Å².